The summed E-state index contributed by atoms with van der Waals surface area (Å²) in [6, 6.07) is 15.5. The Labute approximate surface area is 203 Å². The van der Waals surface area contributed by atoms with E-state index in [9.17, 15) is 9.59 Å². The van der Waals surface area contributed by atoms with E-state index in [4.69, 9.17) is 21.3 Å². The van der Waals surface area contributed by atoms with Crippen molar-refractivity contribution in [3.8, 4) is 11.1 Å². The van der Waals surface area contributed by atoms with Crippen molar-refractivity contribution in [2.75, 3.05) is 0 Å². The minimum absolute atomic E-state index is 0.0636. The second kappa shape index (κ2) is 8.73. The van der Waals surface area contributed by atoms with Crippen LogP contribution < -0.4 is 5.32 Å². The summed E-state index contributed by atoms with van der Waals surface area (Å²) >= 11 is 6.07. The van der Waals surface area contributed by atoms with Gasteiger partial charge in [-0.1, -0.05) is 35.9 Å². The van der Waals surface area contributed by atoms with E-state index in [1.54, 1.807) is 0 Å². The van der Waals surface area contributed by atoms with Crippen LogP contribution in [0.5, 0.6) is 0 Å². The largest absolute Gasteiger partial charge is 0.460 e. The second-order valence-electron chi connectivity index (χ2n) is 9.01. The zero-order chi connectivity index (χ0) is 24.0. The number of Topliss-reactive ketones (excluding diaryl/α,β-unsaturated/α-hetero) is 1. The first kappa shape index (κ1) is 22.4. The lowest BCUT2D eigenvalue weighted by molar-refractivity contribution is -0.143. The Morgan fingerprint density at radius 3 is 2.62 bits per heavy atom. The molecular formula is C28H25ClN2O3. The number of aromatic nitrogens is 1. The maximum Gasteiger partial charge on any atom is 0.337 e. The van der Waals surface area contributed by atoms with Crippen LogP contribution in [0.1, 0.15) is 45.1 Å². The van der Waals surface area contributed by atoms with Crippen molar-refractivity contribution < 1.29 is 14.3 Å². The number of dihydropyridines is 1. The van der Waals surface area contributed by atoms with Crippen LogP contribution in [-0.4, -0.2) is 22.8 Å². The maximum absolute atomic E-state index is 13.3. The molecule has 0 saturated heterocycles. The summed E-state index contributed by atoms with van der Waals surface area (Å²) in [6.07, 6.45) is 2.65. The Hall–Kier alpha value is -3.44. The second-order valence-corrected chi connectivity index (χ2v) is 9.45. The summed E-state index contributed by atoms with van der Waals surface area (Å²) in [5.41, 5.74) is 6.36. The molecule has 5 rings (SSSR count). The number of nitrogens with zero attached hydrogens (tertiary/aromatic N) is 1. The SMILES string of the molecule is CC1=C(C(=O)OC(C)C)C(c2cccc3ncc(-c4ccc(Cl)cc4)cc23)C2=C(CCC2=O)N1. The van der Waals surface area contributed by atoms with Crippen molar-refractivity contribution in [1.29, 1.82) is 0 Å². The van der Waals surface area contributed by atoms with Crippen LogP contribution in [0.25, 0.3) is 22.0 Å². The fourth-order valence-corrected chi connectivity index (χ4v) is 5.01. The van der Waals surface area contributed by atoms with E-state index in [1.165, 1.54) is 0 Å². The third-order valence-electron chi connectivity index (χ3n) is 6.36. The van der Waals surface area contributed by atoms with E-state index in [0.717, 1.165) is 39.0 Å². The maximum atomic E-state index is 13.3. The smallest absolute Gasteiger partial charge is 0.337 e. The predicted octanol–water partition coefficient (Wildman–Crippen LogP) is 6.08. The van der Waals surface area contributed by atoms with Crippen molar-refractivity contribution in [2.45, 2.75) is 45.6 Å². The highest BCUT2D eigenvalue weighted by Crippen LogP contribution is 2.45. The molecule has 172 valence electrons. The molecule has 0 fully saturated rings. The number of rotatable bonds is 4. The van der Waals surface area contributed by atoms with Crippen molar-refractivity contribution in [3.05, 3.63) is 87.9 Å². The van der Waals surface area contributed by atoms with Gasteiger partial charge < -0.3 is 10.1 Å². The van der Waals surface area contributed by atoms with Crippen LogP contribution in [0.2, 0.25) is 5.02 Å². The number of pyridine rings is 1. The van der Waals surface area contributed by atoms with Gasteiger partial charge >= 0.3 is 5.97 Å². The zero-order valence-electron chi connectivity index (χ0n) is 19.3. The molecule has 0 radical (unpaired) electrons. The average Bonchev–Trinajstić information content (AvgIpc) is 3.17. The summed E-state index contributed by atoms with van der Waals surface area (Å²) in [6.45, 7) is 5.52. The third kappa shape index (κ3) is 3.90. The molecule has 2 aliphatic rings. The van der Waals surface area contributed by atoms with Crippen molar-refractivity contribution in [2.24, 2.45) is 0 Å². The van der Waals surface area contributed by atoms with E-state index in [1.807, 2.05) is 69.4 Å². The Balaban J connectivity index is 1.72. The highest BCUT2D eigenvalue weighted by Gasteiger charge is 2.41. The van der Waals surface area contributed by atoms with E-state index in [0.29, 0.717) is 29.0 Å². The van der Waals surface area contributed by atoms with Crippen LogP contribution >= 0.6 is 11.6 Å². The molecule has 0 amide bonds. The lowest BCUT2D eigenvalue weighted by atomic mass is 9.79. The monoisotopic (exact) mass is 472 g/mol. The first-order valence-corrected chi connectivity index (χ1v) is 11.8. The molecule has 2 aromatic carbocycles. The lowest BCUT2D eigenvalue weighted by Crippen LogP contribution is -2.30. The molecule has 1 aliphatic heterocycles. The fraction of sp³-hybridized carbons (Fsp3) is 0.250. The molecule has 1 aromatic heterocycles. The quantitative estimate of drug-likeness (QED) is 0.466. The van der Waals surface area contributed by atoms with Crippen LogP contribution in [0.3, 0.4) is 0 Å². The molecule has 0 bridgehead atoms. The minimum atomic E-state index is -0.511. The molecule has 1 N–H and O–H groups in total. The van der Waals surface area contributed by atoms with Gasteiger partial charge in [-0.25, -0.2) is 4.79 Å². The molecule has 0 saturated carbocycles. The number of nitrogens with one attached hydrogen (secondary N) is 1. The van der Waals surface area contributed by atoms with E-state index in [2.05, 4.69) is 11.4 Å². The van der Waals surface area contributed by atoms with Gasteiger partial charge in [-0.05, 0) is 62.6 Å². The van der Waals surface area contributed by atoms with E-state index in [-0.39, 0.29) is 11.9 Å². The number of fused-ring (bicyclic) bond motifs is 1. The number of halogens is 1. The van der Waals surface area contributed by atoms with Crippen molar-refractivity contribution in [3.63, 3.8) is 0 Å². The number of carbonyl (C=O) groups excluding carboxylic acids is 2. The normalized spacial score (nSPS) is 17.9. The van der Waals surface area contributed by atoms with Gasteiger partial charge in [-0.2, -0.15) is 0 Å². The number of benzene rings is 2. The number of ketones is 1. The van der Waals surface area contributed by atoms with Gasteiger partial charge in [0.25, 0.3) is 0 Å². The minimum Gasteiger partial charge on any atom is -0.460 e. The first-order valence-electron chi connectivity index (χ1n) is 11.4. The Morgan fingerprint density at radius 2 is 1.88 bits per heavy atom. The molecule has 2 heterocycles. The summed E-state index contributed by atoms with van der Waals surface area (Å²) in [4.78, 5) is 31.0. The molecule has 0 spiro atoms. The summed E-state index contributed by atoms with van der Waals surface area (Å²) in [7, 11) is 0. The number of hydrogen-bond acceptors (Lipinski definition) is 5. The number of carbonyl (C=O) groups is 2. The highest BCUT2D eigenvalue weighted by molar-refractivity contribution is 6.30. The summed E-state index contributed by atoms with van der Waals surface area (Å²) in [5.74, 6) is -0.854. The zero-order valence-corrected chi connectivity index (χ0v) is 20.1. The predicted molar refractivity (Wildman–Crippen MR) is 133 cm³/mol. The van der Waals surface area contributed by atoms with Gasteiger partial charge in [-0.15, -0.1) is 0 Å². The summed E-state index contributed by atoms with van der Waals surface area (Å²) < 4.78 is 5.61. The average molecular weight is 473 g/mol. The molecule has 1 aliphatic carbocycles. The van der Waals surface area contributed by atoms with E-state index >= 15 is 0 Å². The number of esters is 1. The molecular weight excluding hydrogens is 448 g/mol. The van der Waals surface area contributed by atoms with Crippen LogP contribution in [-0.2, 0) is 14.3 Å². The van der Waals surface area contributed by atoms with Crippen LogP contribution in [0, 0.1) is 0 Å². The first-order chi connectivity index (χ1) is 16.3. The molecule has 6 heteroatoms. The third-order valence-corrected chi connectivity index (χ3v) is 6.61. The van der Waals surface area contributed by atoms with Crippen molar-refractivity contribution >= 4 is 34.3 Å². The van der Waals surface area contributed by atoms with E-state index < -0.39 is 11.9 Å². The molecule has 1 atom stereocenters. The number of allylic oxidation sites excluding steroid dienone is 3. The van der Waals surface area contributed by atoms with Gasteiger partial charge in [0.05, 0.1) is 17.2 Å². The molecule has 34 heavy (non-hydrogen) atoms. The number of ether oxygens (including phenoxy) is 1. The standard InChI is InChI=1S/C28H25ClN2O3/c1-15(2)34-28(33)25-16(3)31-23-11-12-24(32)27(23)26(25)20-5-4-6-22-21(20)13-18(14-30-22)17-7-9-19(29)10-8-17/h4-10,13-15,26,31H,11-12H2,1-3H3. The molecule has 3 aromatic rings. The summed E-state index contributed by atoms with van der Waals surface area (Å²) in [5, 5.41) is 4.88. The van der Waals surface area contributed by atoms with Gasteiger partial charge in [0.2, 0.25) is 0 Å². The Kier molecular flexibility index (Phi) is 5.74. The lowest BCUT2D eigenvalue weighted by Gasteiger charge is -2.30. The van der Waals surface area contributed by atoms with Gasteiger partial charge in [0.1, 0.15) is 0 Å². The Bertz CT molecular complexity index is 1390. The van der Waals surface area contributed by atoms with Gasteiger partial charge in [0, 0.05) is 51.5 Å². The molecule has 1 unspecified atom stereocenters. The van der Waals surface area contributed by atoms with Gasteiger partial charge in [0.15, 0.2) is 5.78 Å². The van der Waals surface area contributed by atoms with Gasteiger partial charge in [-0.3, -0.25) is 9.78 Å². The Morgan fingerprint density at radius 1 is 1.12 bits per heavy atom. The topological polar surface area (TPSA) is 68.3 Å². The van der Waals surface area contributed by atoms with Crippen LogP contribution in [0.15, 0.2) is 77.3 Å². The fourth-order valence-electron chi connectivity index (χ4n) is 4.88. The highest BCUT2D eigenvalue weighted by atomic mass is 35.5. The molecule has 5 nitrogen and oxygen atoms in total. The van der Waals surface area contributed by atoms with Crippen LogP contribution in [0.4, 0.5) is 0 Å². The number of hydrogen-bond donors (Lipinski definition) is 1. The van der Waals surface area contributed by atoms with Crippen molar-refractivity contribution in [1.82, 2.24) is 10.3 Å².